The molecule has 2 heterocycles. The first kappa shape index (κ1) is 11.0. The Morgan fingerprint density at radius 3 is 2.88 bits per heavy atom. The Morgan fingerprint density at radius 2 is 2.00 bits per heavy atom. The van der Waals surface area contributed by atoms with Crippen molar-refractivity contribution in [1.82, 2.24) is 10.2 Å². The predicted octanol–water partition coefficient (Wildman–Crippen LogP) is 2.25. The van der Waals surface area contributed by atoms with Crippen LogP contribution in [0.3, 0.4) is 0 Å². The summed E-state index contributed by atoms with van der Waals surface area (Å²) in [6.45, 7) is 6.36. The van der Waals surface area contributed by atoms with Crippen LogP contribution in [0.2, 0.25) is 0 Å². The van der Waals surface area contributed by atoms with E-state index < -0.39 is 0 Å². The van der Waals surface area contributed by atoms with E-state index in [0.717, 1.165) is 23.9 Å². The van der Waals surface area contributed by atoms with Crippen molar-refractivity contribution in [2.45, 2.75) is 57.5 Å². The van der Waals surface area contributed by atoms with E-state index in [9.17, 15) is 0 Å². The number of fused-ring (bicyclic) bond motifs is 1. The van der Waals surface area contributed by atoms with Gasteiger partial charge in [0.25, 0.3) is 0 Å². The maximum atomic E-state index is 3.60. The molecule has 2 saturated heterocycles. The van der Waals surface area contributed by atoms with Crippen molar-refractivity contribution < 1.29 is 0 Å². The number of piperidine rings is 1. The van der Waals surface area contributed by atoms with Gasteiger partial charge in [-0.05, 0) is 50.6 Å². The average Bonchev–Trinajstić information content (AvgIpc) is 2.76. The lowest BCUT2D eigenvalue weighted by Crippen LogP contribution is -2.51. The van der Waals surface area contributed by atoms with Crippen LogP contribution < -0.4 is 5.32 Å². The highest BCUT2D eigenvalue weighted by Crippen LogP contribution is 2.34. The lowest BCUT2D eigenvalue weighted by atomic mass is 9.83. The van der Waals surface area contributed by atoms with Gasteiger partial charge >= 0.3 is 0 Å². The van der Waals surface area contributed by atoms with Crippen LogP contribution in [0.1, 0.15) is 45.4 Å². The molecule has 1 aliphatic carbocycles. The molecule has 3 aliphatic rings. The zero-order valence-corrected chi connectivity index (χ0v) is 10.6. The van der Waals surface area contributed by atoms with E-state index >= 15 is 0 Å². The third-order valence-electron chi connectivity index (χ3n) is 5.10. The van der Waals surface area contributed by atoms with Gasteiger partial charge in [0.15, 0.2) is 0 Å². The Morgan fingerprint density at radius 1 is 1.06 bits per heavy atom. The number of nitrogens with zero attached hydrogens (tertiary/aromatic N) is 1. The first-order valence-electron chi connectivity index (χ1n) is 7.31. The zero-order chi connectivity index (χ0) is 11.0. The van der Waals surface area contributed by atoms with Crippen molar-refractivity contribution in [3.05, 3.63) is 0 Å². The van der Waals surface area contributed by atoms with E-state index in [2.05, 4.69) is 17.1 Å². The lowest BCUT2D eigenvalue weighted by Gasteiger charge is -2.44. The van der Waals surface area contributed by atoms with Crippen LogP contribution >= 0.6 is 0 Å². The molecule has 1 saturated carbocycles. The summed E-state index contributed by atoms with van der Waals surface area (Å²) in [5.74, 6) is 1.93. The molecule has 3 fully saturated rings. The largest absolute Gasteiger partial charge is 0.315 e. The fourth-order valence-electron chi connectivity index (χ4n) is 4.26. The second kappa shape index (κ2) is 4.66. The van der Waals surface area contributed by atoms with Crippen LogP contribution in [0.15, 0.2) is 0 Å². The third-order valence-corrected chi connectivity index (χ3v) is 5.10. The van der Waals surface area contributed by atoms with Crippen LogP contribution in [0, 0.1) is 11.8 Å². The highest BCUT2D eigenvalue weighted by atomic mass is 15.2. The fourth-order valence-corrected chi connectivity index (χ4v) is 4.26. The molecule has 0 bridgehead atoms. The molecule has 0 radical (unpaired) electrons. The summed E-state index contributed by atoms with van der Waals surface area (Å²) in [5, 5.41) is 3.60. The minimum Gasteiger partial charge on any atom is -0.315 e. The molecule has 0 aromatic carbocycles. The first-order valence-corrected chi connectivity index (χ1v) is 7.31. The van der Waals surface area contributed by atoms with Crippen molar-refractivity contribution in [3.8, 4) is 0 Å². The summed E-state index contributed by atoms with van der Waals surface area (Å²) < 4.78 is 0. The molecule has 2 heteroatoms. The van der Waals surface area contributed by atoms with Gasteiger partial charge in [-0.15, -0.1) is 0 Å². The van der Waals surface area contributed by atoms with Crippen LogP contribution in [-0.2, 0) is 0 Å². The summed E-state index contributed by atoms with van der Waals surface area (Å²) in [6, 6.07) is 1.79. The smallest absolute Gasteiger partial charge is 0.0263 e. The van der Waals surface area contributed by atoms with E-state index in [-0.39, 0.29) is 0 Å². The molecule has 0 amide bonds. The SMILES string of the molecule is CC1CCCC(N2CCCC3CNCC32)C1. The monoisotopic (exact) mass is 222 g/mol. The van der Waals surface area contributed by atoms with Crippen LogP contribution in [-0.4, -0.2) is 36.6 Å². The number of hydrogen-bond donors (Lipinski definition) is 1. The Hall–Kier alpha value is -0.0800. The topological polar surface area (TPSA) is 15.3 Å². The number of rotatable bonds is 1. The Balaban J connectivity index is 1.67. The molecular weight excluding hydrogens is 196 g/mol. The zero-order valence-electron chi connectivity index (χ0n) is 10.6. The van der Waals surface area contributed by atoms with E-state index in [4.69, 9.17) is 0 Å². The average molecular weight is 222 g/mol. The number of likely N-dealkylation sites (tertiary alicyclic amines) is 1. The van der Waals surface area contributed by atoms with Gasteiger partial charge in [-0.2, -0.15) is 0 Å². The van der Waals surface area contributed by atoms with E-state index in [0.29, 0.717) is 0 Å². The summed E-state index contributed by atoms with van der Waals surface area (Å²) in [4.78, 5) is 2.88. The van der Waals surface area contributed by atoms with Gasteiger partial charge in [0.2, 0.25) is 0 Å². The van der Waals surface area contributed by atoms with Gasteiger partial charge < -0.3 is 5.32 Å². The summed E-state index contributed by atoms with van der Waals surface area (Å²) >= 11 is 0. The second-order valence-electron chi connectivity index (χ2n) is 6.29. The van der Waals surface area contributed by atoms with E-state index in [1.807, 2.05) is 0 Å². The maximum Gasteiger partial charge on any atom is 0.0263 e. The van der Waals surface area contributed by atoms with Gasteiger partial charge in [0.1, 0.15) is 0 Å². The van der Waals surface area contributed by atoms with Crippen molar-refractivity contribution in [2.75, 3.05) is 19.6 Å². The highest BCUT2D eigenvalue weighted by Gasteiger charge is 2.38. The minimum absolute atomic E-state index is 0.879. The molecular formula is C14H26N2. The van der Waals surface area contributed by atoms with Gasteiger partial charge in [0, 0.05) is 18.6 Å². The van der Waals surface area contributed by atoms with Crippen molar-refractivity contribution in [1.29, 1.82) is 0 Å². The first-order chi connectivity index (χ1) is 7.84. The van der Waals surface area contributed by atoms with Crippen molar-refractivity contribution in [2.24, 2.45) is 11.8 Å². The molecule has 3 rings (SSSR count). The van der Waals surface area contributed by atoms with Crippen LogP contribution in [0.5, 0.6) is 0 Å². The minimum atomic E-state index is 0.879. The van der Waals surface area contributed by atoms with E-state index in [1.54, 1.807) is 0 Å². The summed E-state index contributed by atoms with van der Waals surface area (Å²) in [7, 11) is 0. The van der Waals surface area contributed by atoms with Crippen LogP contribution in [0.25, 0.3) is 0 Å². The Kier molecular flexibility index (Phi) is 3.21. The molecule has 4 unspecified atom stereocenters. The molecule has 0 aromatic rings. The second-order valence-corrected chi connectivity index (χ2v) is 6.29. The number of nitrogens with one attached hydrogen (secondary N) is 1. The fraction of sp³-hybridized carbons (Fsp3) is 1.00. The van der Waals surface area contributed by atoms with Crippen LogP contribution in [0.4, 0.5) is 0 Å². The predicted molar refractivity (Wildman–Crippen MR) is 67.5 cm³/mol. The maximum absolute atomic E-state index is 3.60. The van der Waals surface area contributed by atoms with Gasteiger partial charge in [-0.3, -0.25) is 4.90 Å². The third kappa shape index (κ3) is 2.02. The lowest BCUT2D eigenvalue weighted by molar-refractivity contribution is 0.0480. The van der Waals surface area contributed by atoms with Crippen molar-refractivity contribution in [3.63, 3.8) is 0 Å². The standard InChI is InChI=1S/C14H26N2/c1-11-4-2-6-13(8-11)16-7-3-5-12-9-15-10-14(12)16/h11-15H,2-10H2,1H3. The molecule has 2 aliphatic heterocycles. The molecule has 4 atom stereocenters. The van der Waals surface area contributed by atoms with Crippen molar-refractivity contribution >= 4 is 0 Å². The Bertz CT molecular complexity index is 241. The van der Waals surface area contributed by atoms with Gasteiger partial charge in [-0.25, -0.2) is 0 Å². The highest BCUT2D eigenvalue weighted by molar-refractivity contribution is 4.95. The molecule has 0 spiro atoms. The summed E-state index contributed by atoms with van der Waals surface area (Å²) in [6.07, 6.45) is 8.77. The molecule has 1 N–H and O–H groups in total. The normalized spacial score (nSPS) is 45.6. The molecule has 92 valence electrons. The summed E-state index contributed by atoms with van der Waals surface area (Å²) in [5.41, 5.74) is 0. The number of hydrogen-bond acceptors (Lipinski definition) is 2. The Labute approximate surface area is 99.8 Å². The molecule has 16 heavy (non-hydrogen) atoms. The van der Waals surface area contributed by atoms with Gasteiger partial charge in [-0.1, -0.05) is 19.8 Å². The molecule has 0 aromatic heterocycles. The van der Waals surface area contributed by atoms with E-state index in [1.165, 1.54) is 58.2 Å². The molecule has 2 nitrogen and oxygen atoms in total. The van der Waals surface area contributed by atoms with Gasteiger partial charge in [0.05, 0.1) is 0 Å². The quantitative estimate of drug-likeness (QED) is 0.732.